The maximum atomic E-state index is 12.8. The first-order valence-corrected chi connectivity index (χ1v) is 7.70. The molecule has 0 unspecified atom stereocenters. The highest BCUT2D eigenvalue weighted by Crippen LogP contribution is 2.34. The summed E-state index contributed by atoms with van der Waals surface area (Å²) in [6.07, 6.45) is -3.45. The van der Waals surface area contributed by atoms with E-state index in [0.717, 1.165) is 18.2 Å². The summed E-state index contributed by atoms with van der Waals surface area (Å²) in [5, 5.41) is 21.0. The van der Waals surface area contributed by atoms with Crippen LogP contribution in [-0.4, -0.2) is 18.1 Å². The Bertz CT molecular complexity index is 950. The highest BCUT2D eigenvalue weighted by Gasteiger charge is 2.31. The number of hydrogen-bond donors (Lipinski definition) is 2. The number of anilines is 1. The molecule has 0 aliphatic rings. The van der Waals surface area contributed by atoms with Crippen molar-refractivity contribution >= 4 is 29.3 Å². The molecule has 0 radical (unpaired) electrons. The molecule has 2 rings (SSSR count). The van der Waals surface area contributed by atoms with Gasteiger partial charge in [-0.1, -0.05) is 17.7 Å². The predicted octanol–water partition coefficient (Wildman–Crippen LogP) is 4.62. The van der Waals surface area contributed by atoms with E-state index in [1.807, 2.05) is 0 Å². The minimum Gasteiger partial charge on any atom is -0.504 e. The number of aromatic hydroxyl groups is 1. The normalized spacial score (nSPS) is 11.6. The minimum absolute atomic E-state index is 0.115. The third kappa shape index (κ3) is 4.92. The van der Waals surface area contributed by atoms with Gasteiger partial charge in [0.05, 0.1) is 23.4 Å². The van der Waals surface area contributed by atoms with Gasteiger partial charge >= 0.3 is 6.18 Å². The molecule has 0 aliphatic heterocycles. The number of methoxy groups -OCH3 is 1. The maximum absolute atomic E-state index is 12.8. The second-order valence-corrected chi connectivity index (χ2v) is 5.65. The molecular formula is C18H12ClF3N2O3. The van der Waals surface area contributed by atoms with Crippen molar-refractivity contribution in [2.24, 2.45) is 0 Å². The average Bonchev–Trinajstić information content (AvgIpc) is 2.60. The number of halogens is 4. The number of ether oxygens (including phenoxy) is 1. The number of amides is 1. The van der Waals surface area contributed by atoms with Crippen molar-refractivity contribution in [2.45, 2.75) is 6.18 Å². The van der Waals surface area contributed by atoms with E-state index < -0.39 is 23.2 Å². The van der Waals surface area contributed by atoms with Crippen LogP contribution in [0.25, 0.3) is 6.08 Å². The standard InChI is InChI=1S/C18H12ClF3N2O3/c1-27-16-5-2-10(7-15(16)25)6-11(9-23)17(26)24-14-8-12(18(20,21)22)3-4-13(14)19/h2-8,25H,1H3,(H,24,26). The van der Waals surface area contributed by atoms with Crippen molar-refractivity contribution < 1.29 is 27.8 Å². The van der Waals surface area contributed by atoms with E-state index in [1.165, 1.54) is 25.3 Å². The molecular weight excluding hydrogens is 385 g/mol. The van der Waals surface area contributed by atoms with E-state index in [9.17, 15) is 28.3 Å². The van der Waals surface area contributed by atoms with Crippen LogP contribution in [0.15, 0.2) is 42.0 Å². The molecule has 0 bridgehead atoms. The zero-order chi connectivity index (χ0) is 20.2. The number of nitrogens with zero attached hydrogens (tertiary/aromatic N) is 1. The van der Waals surface area contributed by atoms with Gasteiger partial charge in [0.2, 0.25) is 0 Å². The van der Waals surface area contributed by atoms with Crippen molar-refractivity contribution in [1.29, 1.82) is 5.26 Å². The molecule has 0 fully saturated rings. The summed E-state index contributed by atoms with van der Waals surface area (Å²) in [6, 6.07) is 8.28. The predicted molar refractivity (Wildman–Crippen MR) is 93.3 cm³/mol. The Kier molecular flexibility index (Phi) is 5.98. The van der Waals surface area contributed by atoms with Crippen LogP contribution in [-0.2, 0) is 11.0 Å². The molecule has 0 saturated heterocycles. The van der Waals surface area contributed by atoms with Crippen molar-refractivity contribution in [2.75, 3.05) is 12.4 Å². The molecule has 1 amide bonds. The summed E-state index contributed by atoms with van der Waals surface area (Å²) < 4.78 is 43.3. The van der Waals surface area contributed by atoms with E-state index in [2.05, 4.69) is 5.32 Å². The van der Waals surface area contributed by atoms with Crippen LogP contribution in [0.4, 0.5) is 18.9 Å². The molecule has 9 heteroatoms. The van der Waals surface area contributed by atoms with Gasteiger partial charge in [-0.25, -0.2) is 0 Å². The molecule has 2 aromatic carbocycles. The first-order chi connectivity index (χ1) is 12.7. The second kappa shape index (κ2) is 8.01. The van der Waals surface area contributed by atoms with Crippen molar-refractivity contribution in [3.63, 3.8) is 0 Å². The van der Waals surface area contributed by atoms with Gasteiger partial charge < -0.3 is 15.2 Å². The van der Waals surface area contributed by atoms with Gasteiger partial charge in [-0.15, -0.1) is 0 Å². The van der Waals surface area contributed by atoms with Crippen LogP contribution in [0.3, 0.4) is 0 Å². The zero-order valence-electron chi connectivity index (χ0n) is 13.8. The number of rotatable bonds is 4. The summed E-state index contributed by atoms with van der Waals surface area (Å²) in [5.41, 5.74) is -1.36. The molecule has 0 saturated carbocycles. The van der Waals surface area contributed by atoms with Gasteiger partial charge in [-0.3, -0.25) is 4.79 Å². The topological polar surface area (TPSA) is 82.3 Å². The van der Waals surface area contributed by atoms with Crippen LogP contribution in [0, 0.1) is 11.3 Å². The third-order valence-corrected chi connectivity index (χ3v) is 3.75. The van der Waals surface area contributed by atoms with Crippen LogP contribution in [0.1, 0.15) is 11.1 Å². The van der Waals surface area contributed by atoms with Crippen LogP contribution in [0.5, 0.6) is 11.5 Å². The molecule has 0 heterocycles. The van der Waals surface area contributed by atoms with Crippen LogP contribution in [0.2, 0.25) is 5.02 Å². The SMILES string of the molecule is COc1ccc(C=C(C#N)C(=O)Nc2cc(C(F)(F)F)ccc2Cl)cc1O. The van der Waals surface area contributed by atoms with Gasteiger partial charge in [-0.05, 0) is 42.0 Å². The molecule has 27 heavy (non-hydrogen) atoms. The number of phenolic OH excluding ortho intramolecular Hbond substituents is 1. The lowest BCUT2D eigenvalue weighted by Crippen LogP contribution is -2.15. The first-order valence-electron chi connectivity index (χ1n) is 7.32. The van der Waals surface area contributed by atoms with Gasteiger partial charge in [0.25, 0.3) is 5.91 Å². The molecule has 0 aliphatic carbocycles. The molecule has 0 aromatic heterocycles. The first kappa shape index (κ1) is 20.1. The third-order valence-electron chi connectivity index (χ3n) is 3.42. The average molecular weight is 397 g/mol. The van der Waals surface area contributed by atoms with Crippen molar-refractivity contribution in [3.05, 3.63) is 58.1 Å². The quantitative estimate of drug-likeness (QED) is 0.583. The Morgan fingerprint density at radius 2 is 2.00 bits per heavy atom. The van der Waals surface area contributed by atoms with Crippen molar-refractivity contribution in [3.8, 4) is 17.6 Å². The van der Waals surface area contributed by atoms with Crippen molar-refractivity contribution in [1.82, 2.24) is 0 Å². The monoisotopic (exact) mass is 396 g/mol. The molecule has 0 atom stereocenters. The number of benzene rings is 2. The highest BCUT2D eigenvalue weighted by molar-refractivity contribution is 6.34. The lowest BCUT2D eigenvalue weighted by atomic mass is 10.1. The maximum Gasteiger partial charge on any atom is 0.416 e. The van der Waals surface area contributed by atoms with E-state index in [4.69, 9.17) is 16.3 Å². The van der Waals surface area contributed by atoms with Crippen LogP contribution >= 0.6 is 11.6 Å². The fourth-order valence-electron chi connectivity index (χ4n) is 2.10. The van der Waals surface area contributed by atoms with Gasteiger partial charge in [0.15, 0.2) is 11.5 Å². The Labute approximate surface area is 157 Å². The molecule has 2 aromatic rings. The minimum atomic E-state index is -4.61. The van der Waals surface area contributed by atoms with E-state index in [0.29, 0.717) is 11.6 Å². The smallest absolute Gasteiger partial charge is 0.416 e. The number of carbonyl (C=O) groups excluding carboxylic acids is 1. The number of carbonyl (C=O) groups is 1. The summed E-state index contributed by atoms with van der Waals surface area (Å²) in [5.74, 6) is -0.954. The Hall–Kier alpha value is -3.18. The number of alkyl halides is 3. The fraction of sp³-hybridized carbons (Fsp3) is 0.111. The molecule has 140 valence electrons. The van der Waals surface area contributed by atoms with Gasteiger partial charge in [0.1, 0.15) is 11.6 Å². The summed E-state index contributed by atoms with van der Waals surface area (Å²) in [4.78, 5) is 12.2. The number of hydrogen-bond acceptors (Lipinski definition) is 4. The Balaban J connectivity index is 2.31. The summed E-state index contributed by atoms with van der Waals surface area (Å²) >= 11 is 5.82. The van der Waals surface area contributed by atoms with E-state index in [-0.39, 0.29) is 22.2 Å². The second-order valence-electron chi connectivity index (χ2n) is 5.25. The fourth-order valence-corrected chi connectivity index (χ4v) is 2.26. The van der Waals surface area contributed by atoms with Crippen LogP contribution < -0.4 is 10.1 Å². The largest absolute Gasteiger partial charge is 0.504 e. The molecule has 5 nitrogen and oxygen atoms in total. The summed E-state index contributed by atoms with van der Waals surface area (Å²) in [6.45, 7) is 0. The lowest BCUT2D eigenvalue weighted by molar-refractivity contribution is -0.137. The molecule has 0 spiro atoms. The highest BCUT2D eigenvalue weighted by atomic mass is 35.5. The Morgan fingerprint density at radius 1 is 1.30 bits per heavy atom. The Morgan fingerprint density at radius 3 is 2.56 bits per heavy atom. The number of nitriles is 1. The summed E-state index contributed by atoms with van der Waals surface area (Å²) in [7, 11) is 1.36. The lowest BCUT2D eigenvalue weighted by Gasteiger charge is -2.11. The molecule has 2 N–H and O–H groups in total. The number of nitrogens with one attached hydrogen (secondary N) is 1. The van der Waals surface area contributed by atoms with Gasteiger partial charge in [-0.2, -0.15) is 18.4 Å². The van der Waals surface area contributed by atoms with E-state index in [1.54, 1.807) is 6.07 Å². The number of phenols is 1. The zero-order valence-corrected chi connectivity index (χ0v) is 14.5. The van der Waals surface area contributed by atoms with Gasteiger partial charge in [0, 0.05) is 0 Å². The van der Waals surface area contributed by atoms with E-state index >= 15 is 0 Å².